The van der Waals surface area contributed by atoms with Gasteiger partial charge in [-0.25, -0.2) is 0 Å². The summed E-state index contributed by atoms with van der Waals surface area (Å²) in [6.07, 6.45) is 5.70. The number of rotatable bonds is 7. The highest BCUT2D eigenvalue weighted by molar-refractivity contribution is 5.70. The second kappa shape index (κ2) is 7.84. The van der Waals surface area contributed by atoms with Crippen LogP contribution in [0.15, 0.2) is 18.6 Å². The van der Waals surface area contributed by atoms with Gasteiger partial charge in [-0.15, -0.1) is 0 Å². The molecule has 0 aliphatic rings. The van der Waals surface area contributed by atoms with Crippen LogP contribution in [0.5, 0.6) is 0 Å². The third kappa shape index (κ3) is 5.79. The van der Waals surface area contributed by atoms with E-state index in [0.29, 0.717) is 24.6 Å². The predicted octanol–water partition coefficient (Wildman–Crippen LogP) is 2.09. The van der Waals surface area contributed by atoms with Crippen LogP contribution >= 0.6 is 0 Å². The maximum Gasteiger partial charge on any atom is 0.306 e. The van der Waals surface area contributed by atoms with Crippen molar-refractivity contribution in [3.63, 3.8) is 0 Å². The average Bonchev–Trinajstić information content (AvgIpc) is 2.38. The topological polar surface area (TPSA) is 78.1 Å². The molecule has 19 heavy (non-hydrogen) atoms. The lowest BCUT2D eigenvalue weighted by Crippen LogP contribution is -2.22. The lowest BCUT2D eigenvalue weighted by Gasteiger charge is -2.18. The maximum absolute atomic E-state index is 11.9. The average molecular weight is 265 g/mol. The number of carbonyl (C=O) groups is 1. The van der Waals surface area contributed by atoms with E-state index in [1.54, 1.807) is 25.5 Å². The summed E-state index contributed by atoms with van der Waals surface area (Å²) in [5.41, 5.74) is 6.34. The molecule has 0 fully saturated rings. The van der Waals surface area contributed by atoms with E-state index in [2.05, 4.69) is 23.8 Å². The highest BCUT2D eigenvalue weighted by atomic mass is 16.5. The molecule has 0 saturated carbocycles. The molecule has 2 N–H and O–H groups in total. The molecule has 106 valence electrons. The van der Waals surface area contributed by atoms with Crippen molar-refractivity contribution in [1.29, 1.82) is 0 Å². The van der Waals surface area contributed by atoms with Crippen LogP contribution in [-0.4, -0.2) is 22.5 Å². The fraction of sp³-hybridized carbons (Fsp3) is 0.643. The highest BCUT2D eigenvalue weighted by Gasteiger charge is 2.18. The lowest BCUT2D eigenvalue weighted by molar-refractivity contribution is -0.150. The number of hydrogen-bond donors (Lipinski definition) is 1. The van der Waals surface area contributed by atoms with Gasteiger partial charge >= 0.3 is 5.97 Å². The molecule has 1 rings (SSSR count). The zero-order chi connectivity index (χ0) is 14.3. The van der Waals surface area contributed by atoms with Crippen molar-refractivity contribution in [2.24, 2.45) is 17.6 Å². The molecular weight excluding hydrogens is 242 g/mol. The normalized spacial score (nSPS) is 14.2. The minimum absolute atomic E-state index is 0.182. The molecule has 1 aromatic rings. The minimum atomic E-state index is -0.376. The fourth-order valence-electron chi connectivity index (χ4n) is 1.99. The zero-order valence-electron chi connectivity index (χ0n) is 11.9. The van der Waals surface area contributed by atoms with Gasteiger partial charge in [-0.1, -0.05) is 13.8 Å². The van der Waals surface area contributed by atoms with Crippen LogP contribution in [0.25, 0.3) is 0 Å². The Morgan fingerprint density at radius 3 is 2.63 bits per heavy atom. The highest BCUT2D eigenvalue weighted by Crippen LogP contribution is 2.18. The SMILES string of the molecule is CC(C)C[C@H](CN)CC(=O)OC(C)c1cnccn1. The van der Waals surface area contributed by atoms with Gasteiger partial charge in [0.05, 0.1) is 11.9 Å². The van der Waals surface area contributed by atoms with Gasteiger partial charge < -0.3 is 10.5 Å². The van der Waals surface area contributed by atoms with Crippen LogP contribution in [0.2, 0.25) is 0 Å². The van der Waals surface area contributed by atoms with Crippen molar-refractivity contribution in [2.75, 3.05) is 6.54 Å². The molecule has 0 aliphatic carbocycles. The van der Waals surface area contributed by atoms with Crippen molar-refractivity contribution in [1.82, 2.24) is 9.97 Å². The number of ether oxygens (including phenoxy) is 1. The smallest absolute Gasteiger partial charge is 0.306 e. The summed E-state index contributed by atoms with van der Waals surface area (Å²) in [6.45, 7) is 6.54. The third-order valence-corrected chi connectivity index (χ3v) is 2.90. The standard InChI is InChI=1S/C14H23N3O2/c1-10(2)6-12(8-15)7-14(18)19-11(3)13-9-16-4-5-17-13/h4-5,9-12H,6-8,15H2,1-3H3/t11?,12-/m0/s1. The van der Waals surface area contributed by atoms with E-state index < -0.39 is 0 Å². The van der Waals surface area contributed by atoms with E-state index in [1.807, 2.05) is 0 Å². The summed E-state index contributed by atoms with van der Waals surface area (Å²) in [5, 5.41) is 0. The van der Waals surface area contributed by atoms with Gasteiger partial charge in [-0.3, -0.25) is 14.8 Å². The minimum Gasteiger partial charge on any atom is -0.456 e. The van der Waals surface area contributed by atoms with Crippen LogP contribution in [-0.2, 0) is 9.53 Å². The van der Waals surface area contributed by atoms with E-state index in [0.717, 1.165) is 6.42 Å². The van der Waals surface area contributed by atoms with Gasteiger partial charge in [0.25, 0.3) is 0 Å². The number of aromatic nitrogens is 2. The Morgan fingerprint density at radius 1 is 1.37 bits per heavy atom. The lowest BCUT2D eigenvalue weighted by atomic mass is 9.94. The third-order valence-electron chi connectivity index (χ3n) is 2.90. The molecule has 5 heteroatoms. The molecule has 1 unspecified atom stereocenters. The van der Waals surface area contributed by atoms with Crippen LogP contribution < -0.4 is 5.73 Å². The molecule has 0 spiro atoms. The van der Waals surface area contributed by atoms with Crippen molar-refractivity contribution in [3.8, 4) is 0 Å². The van der Waals surface area contributed by atoms with Gasteiger partial charge in [0, 0.05) is 18.8 Å². The summed E-state index contributed by atoms with van der Waals surface area (Å²) in [6, 6.07) is 0. The van der Waals surface area contributed by atoms with E-state index in [-0.39, 0.29) is 18.0 Å². The van der Waals surface area contributed by atoms with Crippen molar-refractivity contribution < 1.29 is 9.53 Å². The first-order chi connectivity index (χ1) is 9.02. The molecule has 0 amide bonds. The summed E-state index contributed by atoms with van der Waals surface area (Å²) >= 11 is 0. The molecule has 1 aromatic heterocycles. The largest absolute Gasteiger partial charge is 0.456 e. The van der Waals surface area contributed by atoms with Gasteiger partial charge in [-0.2, -0.15) is 0 Å². The Labute approximate surface area is 114 Å². The Kier molecular flexibility index (Phi) is 6.42. The molecule has 0 aromatic carbocycles. The Hall–Kier alpha value is -1.49. The zero-order valence-corrected chi connectivity index (χ0v) is 11.9. The molecule has 0 aliphatic heterocycles. The van der Waals surface area contributed by atoms with Crippen molar-refractivity contribution in [3.05, 3.63) is 24.3 Å². The second-order valence-electron chi connectivity index (χ2n) is 5.20. The van der Waals surface area contributed by atoms with Gasteiger partial charge in [0.2, 0.25) is 0 Å². The predicted molar refractivity (Wildman–Crippen MR) is 73.2 cm³/mol. The van der Waals surface area contributed by atoms with Gasteiger partial charge in [-0.05, 0) is 31.7 Å². The van der Waals surface area contributed by atoms with E-state index in [9.17, 15) is 4.79 Å². The van der Waals surface area contributed by atoms with Gasteiger partial charge in [0.1, 0.15) is 6.10 Å². The van der Waals surface area contributed by atoms with Crippen molar-refractivity contribution >= 4 is 5.97 Å². The Balaban J connectivity index is 2.46. The number of nitrogens with two attached hydrogens (primary N) is 1. The molecular formula is C14H23N3O2. The first-order valence-corrected chi connectivity index (χ1v) is 6.68. The number of esters is 1. The van der Waals surface area contributed by atoms with Gasteiger partial charge in [0.15, 0.2) is 0 Å². The summed E-state index contributed by atoms with van der Waals surface area (Å²) in [4.78, 5) is 19.9. The van der Waals surface area contributed by atoms with E-state index in [4.69, 9.17) is 10.5 Å². The first kappa shape index (κ1) is 15.6. The van der Waals surface area contributed by atoms with Crippen molar-refractivity contribution in [2.45, 2.75) is 39.7 Å². The quantitative estimate of drug-likeness (QED) is 0.764. The van der Waals surface area contributed by atoms with Crippen LogP contribution in [0.3, 0.4) is 0 Å². The molecule has 1 heterocycles. The number of carbonyl (C=O) groups excluding carboxylic acids is 1. The Morgan fingerprint density at radius 2 is 2.11 bits per heavy atom. The Bertz CT molecular complexity index is 382. The maximum atomic E-state index is 11.9. The van der Waals surface area contributed by atoms with Crippen LogP contribution in [0.1, 0.15) is 45.4 Å². The molecule has 5 nitrogen and oxygen atoms in total. The first-order valence-electron chi connectivity index (χ1n) is 6.68. The molecule has 0 radical (unpaired) electrons. The molecule has 0 bridgehead atoms. The van der Waals surface area contributed by atoms with E-state index >= 15 is 0 Å². The fourth-order valence-corrected chi connectivity index (χ4v) is 1.99. The number of hydrogen-bond acceptors (Lipinski definition) is 5. The summed E-state index contributed by atoms with van der Waals surface area (Å²) < 4.78 is 5.35. The summed E-state index contributed by atoms with van der Waals surface area (Å²) in [5.74, 6) is 0.481. The molecule has 0 saturated heterocycles. The summed E-state index contributed by atoms with van der Waals surface area (Å²) in [7, 11) is 0. The monoisotopic (exact) mass is 265 g/mol. The van der Waals surface area contributed by atoms with E-state index in [1.165, 1.54) is 0 Å². The second-order valence-corrected chi connectivity index (χ2v) is 5.20. The van der Waals surface area contributed by atoms with Crippen LogP contribution in [0, 0.1) is 11.8 Å². The van der Waals surface area contributed by atoms with Crippen LogP contribution in [0.4, 0.5) is 0 Å². The molecule has 2 atom stereocenters. The number of nitrogens with zero attached hydrogens (tertiary/aromatic N) is 2.